The number of nitrogens with one attached hydrogen (secondary N) is 1. The molecule has 2 rings (SSSR count). The van der Waals surface area contributed by atoms with E-state index in [1.165, 1.54) is 12.8 Å². The molecule has 20 heavy (non-hydrogen) atoms. The maximum absolute atomic E-state index is 6.20. The lowest BCUT2D eigenvalue weighted by molar-refractivity contribution is 0.415. The summed E-state index contributed by atoms with van der Waals surface area (Å²) in [4.78, 5) is 4.59. The Morgan fingerprint density at radius 2 is 2.20 bits per heavy atom. The Morgan fingerprint density at radius 3 is 2.85 bits per heavy atom. The van der Waals surface area contributed by atoms with Gasteiger partial charge in [0.2, 0.25) is 0 Å². The summed E-state index contributed by atoms with van der Waals surface area (Å²) in [6.07, 6.45) is 2.41. The van der Waals surface area contributed by atoms with Crippen molar-refractivity contribution >= 4 is 34.2 Å². The molecule has 1 heterocycles. The zero-order valence-corrected chi connectivity index (χ0v) is 13.7. The van der Waals surface area contributed by atoms with Crippen LogP contribution in [-0.2, 0) is 0 Å². The fourth-order valence-electron chi connectivity index (χ4n) is 2.36. The Balaban J connectivity index is 2.02. The summed E-state index contributed by atoms with van der Waals surface area (Å²) in [6.45, 7) is 5.39. The second-order valence-corrected chi connectivity index (χ2v) is 6.48. The number of amidine groups is 1. The summed E-state index contributed by atoms with van der Waals surface area (Å²) in [7, 11) is 1.65. The quantitative estimate of drug-likeness (QED) is 0.858. The number of ether oxygens (including phenoxy) is 1. The Hall–Kier alpha value is -0.870. The summed E-state index contributed by atoms with van der Waals surface area (Å²) in [5.41, 5.74) is 0.850. The summed E-state index contributed by atoms with van der Waals surface area (Å²) in [5, 5.41) is 5.53. The van der Waals surface area contributed by atoms with Crippen LogP contribution in [0.4, 0.5) is 5.69 Å². The average molecular weight is 313 g/mol. The van der Waals surface area contributed by atoms with Crippen LogP contribution in [-0.4, -0.2) is 24.1 Å². The fraction of sp³-hybridized carbons (Fsp3) is 0.533. The number of halogens is 1. The maximum Gasteiger partial charge on any atom is 0.161 e. The molecule has 0 bridgehead atoms. The van der Waals surface area contributed by atoms with Crippen molar-refractivity contribution < 1.29 is 4.74 Å². The lowest BCUT2D eigenvalue weighted by Gasteiger charge is -2.18. The third-order valence-corrected chi connectivity index (χ3v) is 5.29. The lowest BCUT2D eigenvalue weighted by atomic mass is 9.99. The summed E-state index contributed by atoms with van der Waals surface area (Å²) < 4.78 is 5.22. The first kappa shape index (κ1) is 15.5. The van der Waals surface area contributed by atoms with E-state index in [1.54, 1.807) is 7.11 Å². The third-order valence-electron chi connectivity index (χ3n) is 3.67. The molecular weight excluding hydrogens is 292 g/mol. The number of hydrogen-bond acceptors (Lipinski definition) is 4. The van der Waals surface area contributed by atoms with Gasteiger partial charge in [-0.3, -0.25) is 4.99 Å². The van der Waals surface area contributed by atoms with E-state index in [0.29, 0.717) is 10.3 Å². The first-order valence-electron chi connectivity index (χ1n) is 6.99. The highest BCUT2D eigenvalue weighted by molar-refractivity contribution is 8.15. The van der Waals surface area contributed by atoms with Gasteiger partial charge in [-0.1, -0.05) is 50.1 Å². The zero-order valence-electron chi connectivity index (χ0n) is 12.1. The molecule has 0 saturated carbocycles. The van der Waals surface area contributed by atoms with Crippen molar-refractivity contribution in [3.05, 3.63) is 23.2 Å². The molecule has 0 amide bonds. The molecule has 0 spiro atoms. The molecule has 0 aliphatic carbocycles. The van der Waals surface area contributed by atoms with Gasteiger partial charge in [0.1, 0.15) is 5.75 Å². The molecule has 1 N–H and O–H groups in total. The molecule has 1 aromatic rings. The molecule has 0 saturated heterocycles. The molecule has 0 fully saturated rings. The van der Waals surface area contributed by atoms with Crippen LogP contribution < -0.4 is 10.1 Å². The Bertz CT molecular complexity index is 489. The van der Waals surface area contributed by atoms with Crippen LogP contribution in [0.1, 0.15) is 26.7 Å². The summed E-state index contributed by atoms with van der Waals surface area (Å²) in [5.74, 6) is 1.51. The molecule has 1 aromatic carbocycles. The van der Waals surface area contributed by atoms with Crippen molar-refractivity contribution in [3.63, 3.8) is 0 Å². The predicted octanol–water partition coefficient (Wildman–Crippen LogP) is 4.67. The topological polar surface area (TPSA) is 33.6 Å². The normalized spacial score (nSPS) is 18.2. The maximum atomic E-state index is 6.20. The lowest BCUT2D eigenvalue weighted by Crippen LogP contribution is -2.17. The van der Waals surface area contributed by atoms with Gasteiger partial charge < -0.3 is 10.1 Å². The Morgan fingerprint density at radius 1 is 1.45 bits per heavy atom. The van der Waals surface area contributed by atoms with Gasteiger partial charge in [-0.25, -0.2) is 0 Å². The van der Waals surface area contributed by atoms with Crippen LogP contribution in [0, 0.1) is 5.92 Å². The minimum absolute atomic E-state index is 0.580. The first-order chi connectivity index (χ1) is 9.67. The molecule has 0 radical (unpaired) electrons. The van der Waals surface area contributed by atoms with Crippen molar-refractivity contribution in [2.24, 2.45) is 10.9 Å². The molecule has 1 aliphatic heterocycles. The van der Waals surface area contributed by atoms with E-state index >= 15 is 0 Å². The molecule has 110 valence electrons. The van der Waals surface area contributed by atoms with Gasteiger partial charge in [0, 0.05) is 11.3 Å². The van der Waals surface area contributed by atoms with E-state index in [2.05, 4.69) is 24.2 Å². The molecular formula is C15H21ClN2OS. The molecule has 5 heteroatoms. The third kappa shape index (κ3) is 3.61. The van der Waals surface area contributed by atoms with Crippen LogP contribution in [0.25, 0.3) is 0 Å². The van der Waals surface area contributed by atoms with Crippen LogP contribution in [0.15, 0.2) is 23.2 Å². The second-order valence-electron chi connectivity index (χ2n) is 4.85. The van der Waals surface area contributed by atoms with E-state index in [1.807, 2.05) is 30.0 Å². The minimum atomic E-state index is 0.580. The number of aliphatic imine (C=N–C) groups is 1. The number of rotatable bonds is 5. The second kappa shape index (κ2) is 7.23. The minimum Gasteiger partial charge on any atom is -0.497 e. The van der Waals surface area contributed by atoms with Crippen LogP contribution in [0.2, 0.25) is 5.02 Å². The highest BCUT2D eigenvalue weighted by Crippen LogP contribution is 2.33. The van der Waals surface area contributed by atoms with Gasteiger partial charge >= 0.3 is 0 Å². The summed E-state index contributed by atoms with van der Waals surface area (Å²) in [6, 6.07) is 5.58. The van der Waals surface area contributed by atoms with Crippen LogP contribution >= 0.6 is 23.4 Å². The largest absolute Gasteiger partial charge is 0.497 e. The summed E-state index contributed by atoms with van der Waals surface area (Å²) >= 11 is 8.03. The van der Waals surface area contributed by atoms with Gasteiger partial charge in [-0.15, -0.1) is 0 Å². The molecule has 1 unspecified atom stereocenters. The number of methoxy groups -OCH3 is 1. The van der Waals surface area contributed by atoms with Crippen LogP contribution in [0.3, 0.4) is 0 Å². The highest BCUT2D eigenvalue weighted by atomic mass is 35.5. The number of thioether (sulfide) groups is 1. The standard InChI is InChI=1S/C15H21ClN2OS/c1-4-10(5-2)14-9-17-15(20-14)18-13-8-11(19-3)6-7-12(13)16/h6-8,10,14H,4-5,9H2,1-3H3,(H,17,18). The van der Waals surface area contributed by atoms with Crippen LogP contribution in [0.5, 0.6) is 5.75 Å². The van der Waals surface area contributed by atoms with E-state index in [4.69, 9.17) is 16.3 Å². The van der Waals surface area contributed by atoms with E-state index in [9.17, 15) is 0 Å². The predicted molar refractivity (Wildman–Crippen MR) is 89.4 cm³/mol. The van der Waals surface area contributed by atoms with Gasteiger partial charge in [0.25, 0.3) is 0 Å². The number of benzene rings is 1. The SMILES string of the molecule is CCC(CC)C1CN=C(Nc2cc(OC)ccc2Cl)S1. The molecule has 1 atom stereocenters. The van der Waals surface area contributed by atoms with Crippen molar-refractivity contribution in [1.29, 1.82) is 0 Å². The average Bonchev–Trinajstić information content (AvgIpc) is 2.91. The Kier molecular flexibility index (Phi) is 5.61. The zero-order chi connectivity index (χ0) is 14.5. The van der Waals surface area contributed by atoms with E-state index < -0.39 is 0 Å². The van der Waals surface area contributed by atoms with E-state index in [0.717, 1.165) is 29.1 Å². The van der Waals surface area contributed by atoms with Crippen molar-refractivity contribution in [2.45, 2.75) is 31.9 Å². The first-order valence-corrected chi connectivity index (χ1v) is 8.25. The molecule has 1 aliphatic rings. The number of hydrogen-bond donors (Lipinski definition) is 1. The van der Waals surface area contributed by atoms with Gasteiger partial charge in [0.15, 0.2) is 5.17 Å². The van der Waals surface area contributed by atoms with Gasteiger partial charge in [-0.2, -0.15) is 0 Å². The van der Waals surface area contributed by atoms with Gasteiger partial charge in [-0.05, 0) is 18.1 Å². The van der Waals surface area contributed by atoms with E-state index in [-0.39, 0.29) is 0 Å². The number of nitrogens with zero attached hydrogens (tertiary/aromatic N) is 1. The van der Waals surface area contributed by atoms with Crippen molar-refractivity contribution in [1.82, 2.24) is 0 Å². The van der Waals surface area contributed by atoms with Gasteiger partial charge in [0.05, 0.1) is 24.4 Å². The van der Waals surface area contributed by atoms with Crippen molar-refractivity contribution in [3.8, 4) is 5.75 Å². The number of anilines is 1. The Labute approximate surface area is 130 Å². The highest BCUT2D eigenvalue weighted by Gasteiger charge is 2.26. The smallest absolute Gasteiger partial charge is 0.161 e. The fourth-order valence-corrected chi connectivity index (χ4v) is 3.86. The molecule has 0 aromatic heterocycles. The monoisotopic (exact) mass is 312 g/mol. The molecule has 3 nitrogen and oxygen atoms in total. The van der Waals surface area contributed by atoms with Crippen molar-refractivity contribution in [2.75, 3.05) is 19.0 Å².